The Morgan fingerprint density at radius 3 is 2.67 bits per heavy atom. The van der Waals surface area contributed by atoms with Crippen LogP contribution < -0.4 is 5.73 Å². The van der Waals surface area contributed by atoms with E-state index in [9.17, 15) is 0 Å². The minimum atomic E-state index is -0.00463. The molecule has 0 fully saturated rings. The van der Waals surface area contributed by atoms with Crippen LogP contribution >= 0.6 is 0 Å². The largest absolute Gasteiger partial charge is 0.457 e. The summed E-state index contributed by atoms with van der Waals surface area (Å²) in [5, 5.41) is 0. The quantitative estimate of drug-likeness (QED) is 0.669. The second-order valence-electron chi connectivity index (χ2n) is 3.28. The SMILES string of the molecule is COC(C(C)C)C1CN=C(N)O1. The molecule has 0 aromatic heterocycles. The lowest BCUT2D eigenvalue weighted by Gasteiger charge is -2.24. The molecule has 0 aromatic carbocycles. The van der Waals surface area contributed by atoms with Gasteiger partial charge in [-0.15, -0.1) is 0 Å². The molecule has 0 radical (unpaired) electrons. The van der Waals surface area contributed by atoms with Crippen molar-refractivity contribution < 1.29 is 9.47 Å². The minimum absolute atomic E-state index is 0.00463. The van der Waals surface area contributed by atoms with Crippen molar-refractivity contribution in [3.8, 4) is 0 Å². The number of methoxy groups -OCH3 is 1. The lowest BCUT2D eigenvalue weighted by atomic mass is 10.0. The van der Waals surface area contributed by atoms with Gasteiger partial charge < -0.3 is 15.2 Å². The number of aliphatic imine (C=N–C) groups is 1. The summed E-state index contributed by atoms with van der Waals surface area (Å²) in [5.41, 5.74) is 5.39. The summed E-state index contributed by atoms with van der Waals surface area (Å²) < 4.78 is 10.6. The highest BCUT2D eigenvalue weighted by atomic mass is 16.6. The molecule has 1 aliphatic heterocycles. The van der Waals surface area contributed by atoms with E-state index in [1.807, 2.05) is 0 Å². The zero-order valence-corrected chi connectivity index (χ0v) is 7.78. The van der Waals surface area contributed by atoms with E-state index in [0.717, 1.165) is 0 Å². The molecule has 1 rings (SSSR count). The average molecular weight is 172 g/mol. The van der Waals surface area contributed by atoms with E-state index in [2.05, 4.69) is 18.8 Å². The van der Waals surface area contributed by atoms with Crippen molar-refractivity contribution >= 4 is 6.02 Å². The van der Waals surface area contributed by atoms with Crippen LogP contribution in [-0.2, 0) is 9.47 Å². The Morgan fingerprint density at radius 2 is 2.33 bits per heavy atom. The molecule has 2 N–H and O–H groups in total. The number of ether oxygens (including phenoxy) is 2. The van der Waals surface area contributed by atoms with Crippen molar-refractivity contribution in [1.29, 1.82) is 0 Å². The molecule has 1 aliphatic rings. The summed E-state index contributed by atoms with van der Waals surface area (Å²) in [4.78, 5) is 3.96. The van der Waals surface area contributed by atoms with Gasteiger partial charge in [0.2, 0.25) is 0 Å². The van der Waals surface area contributed by atoms with Gasteiger partial charge >= 0.3 is 0 Å². The fourth-order valence-corrected chi connectivity index (χ4v) is 1.43. The smallest absolute Gasteiger partial charge is 0.282 e. The molecule has 0 spiro atoms. The van der Waals surface area contributed by atoms with E-state index >= 15 is 0 Å². The van der Waals surface area contributed by atoms with Gasteiger partial charge in [0.15, 0.2) is 0 Å². The Morgan fingerprint density at radius 1 is 1.67 bits per heavy atom. The van der Waals surface area contributed by atoms with E-state index < -0.39 is 0 Å². The average Bonchev–Trinajstić information content (AvgIpc) is 2.37. The van der Waals surface area contributed by atoms with Crippen LogP contribution in [0.15, 0.2) is 4.99 Å². The van der Waals surface area contributed by atoms with E-state index in [4.69, 9.17) is 15.2 Å². The number of hydrogen-bond acceptors (Lipinski definition) is 4. The van der Waals surface area contributed by atoms with Crippen LogP contribution in [0.1, 0.15) is 13.8 Å². The Bertz CT molecular complexity index is 180. The van der Waals surface area contributed by atoms with E-state index in [1.54, 1.807) is 7.11 Å². The molecule has 0 aromatic rings. The topological polar surface area (TPSA) is 56.8 Å². The summed E-state index contributed by atoms with van der Waals surface area (Å²) in [6, 6.07) is 0.280. The summed E-state index contributed by atoms with van der Waals surface area (Å²) >= 11 is 0. The summed E-state index contributed by atoms with van der Waals surface area (Å²) in [7, 11) is 1.68. The van der Waals surface area contributed by atoms with Gasteiger partial charge in [-0.3, -0.25) is 0 Å². The number of amidine groups is 1. The van der Waals surface area contributed by atoms with Crippen molar-refractivity contribution in [2.45, 2.75) is 26.1 Å². The van der Waals surface area contributed by atoms with Gasteiger partial charge in [-0.2, -0.15) is 0 Å². The fourth-order valence-electron chi connectivity index (χ4n) is 1.43. The van der Waals surface area contributed by atoms with E-state index in [1.165, 1.54) is 0 Å². The molecule has 4 nitrogen and oxygen atoms in total. The number of nitrogens with zero attached hydrogens (tertiary/aromatic N) is 1. The van der Waals surface area contributed by atoms with Crippen molar-refractivity contribution in [3.63, 3.8) is 0 Å². The van der Waals surface area contributed by atoms with Gasteiger partial charge in [-0.25, -0.2) is 4.99 Å². The lowest BCUT2D eigenvalue weighted by molar-refractivity contribution is -0.0187. The molecule has 0 amide bonds. The van der Waals surface area contributed by atoms with Crippen molar-refractivity contribution in [1.82, 2.24) is 0 Å². The zero-order valence-electron chi connectivity index (χ0n) is 7.78. The first-order valence-electron chi connectivity index (χ1n) is 4.14. The molecule has 0 saturated carbocycles. The van der Waals surface area contributed by atoms with Crippen LogP contribution in [-0.4, -0.2) is 31.9 Å². The highest BCUT2D eigenvalue weighted by Gasteiger charge is 2.29. The summed E-state index contributed by atoms with van der Waals surface area (Å²) in [5.74, 6) is 0.418. The highest BCUT2D eigenvalue weighted by Crippen LogP contribution is 2.16. The second kappa shape index (κ2) is 3.76. The number of rotatable bonds is 3. The number of hydrogen-bond donors (Lipinski definition) is 1. The van der Waals surface area contributed by atoms with E-state index in [0.29, 0.717) is 12.5 Å². The second-order valence-corrected chi connectivity index (χ2v) is 3.28. The van der Waals surface area contributed by atoms with Gasteiger partial charge in [-0.05, 0) is 5.92 Å². The van der Waals surface area contributed by atoms with Crippen molar-refractivity contribution in [3.05, 3.63) is 0 Å². The minimum Gasteiger partial charge on any atom is -0.457 e. The normalized spacial score (nSPS) is 25.3. The molecular weight excluding hydrogens is 156 g/mol. The van der Waals surface area contributed by atoms with Crippen LogP contribution in [0.2, 0.25) is 0 Å². The fraction of sp³-hybridized carbons (Fsp3) is 0.875. The molecule has 1 heterocycles. The maximum Gasteiger partial charge on any atom is 0.282 e. The maximum atomic E-state index is 5.39. The molecule has 0 saturated heterocycles. The maximum absolute atomic E-state index is 5.39. The first kappa shape index (κ1) is 9.32. The van der Waals surface area contributed by atoms with Gasteiger partial charge in [-0.1, -0.05) is 13.8 Å². The highest BCUT2D eigenvalue weighted by molar-refractivity contribution is 5.73. The molecule has 0 aliphatic carbocycles. The third kappa shape index (κ3) is 1.88. The lowest BCUT2D eigenvalue weighted by Crippen LogP contribution is -2.36. The third-order valence-electron chi connectivity index (χ3n) is 1.99. The molecular formula is C8H16N2O2. The zero-order chi connectivity index (χ0) is 9.14. The van der Waals surface area contributed by atoms with Crippen LogP contribution in [0.5, 0.6) is 0 Å². The summed E-state index contributed by atoms with van der Waals surface area (Å²) in [6.45, 7) is 4.79. The molecule has 70 valence electrons. The van der Waals surface area contributed by atoms with Crippen molar-refractivity contribution in [2.75, 3.05) is 13.7 Å². The van der Waals surface area contributed by atoms with Crippen LogP contribution in [0.3, 0.4) is 0 Å². The van der Waals surface area contributed by atoms with Crippen LogP contribution in [0.4, 0.5) is 0 Å². The number of nitrogens with two attached hydrogens (primary N) is 1. The van der Waals surface area contributed by atoms with Crippen molar-refractivity contribution in [2.24, 2.45) is 16.6 Å². The Labute approximate surface area is 72.8 Å². The molecule has 2 unspecified atom stereocenters. The van der Waals surface area contributed by atoms with Gasteiger partial charge in [0.25, 0.3) is 6.02 Å². The third-order valence-corrected chi connectivity index (χ3v) is 1.99. The Kier molecular flexibility index (Phi) is 2.92. The van der Waals surface area contributed by atoms with E-state index in [-0.39, 0.29) is 18.2 Å². The Balaban J connectivity index is 2.47. The molecule has 2 atom stereocenters. The van der Waals surface area contributed by atoms with Gasteiger partial charge in [0, 0.05) is 7.11 Å². The predicted octanol–water partition coefficient (Wildman–Crippen LogP) is 0.371. The van der Waals surface area contributed by atoms with Gasteiger partial charge in [0.1, 0.15) is 6.10 Å². The molecule has 12 heavy (non-hydrogen) atoms. The van der Waals surface area contributed by atoms with Crippen LogP contribution in [0.25, 0.3) is 0 Å². The first-order valence-corrected chi connectivity index (χ1v) is 4.14. The predicted molar refractivity (Wildman–Crippen MR) is 47.0 cm³/mol. The standard InChI is InChI=1S/C8H16N2O2/c1-5(2)7(11-3)6-4-10-8(9)12-6/h5-7H,4H2,1-3H3,(H2,9,10). The van der Waals surface area contributed by atoms with Crippen LogP contribution in [0, 0.1) is 5.92 Å². The van der Waals surface area contributed by atoms with Gasteiger partial charge in [0.05, 0.1) is 12.6 Å². The molecule has 0 bridgehead atoms. The first-order chi connectivity index (χ1) is 5.65. The monoisotopic (exact) mass is 172 g/mol. The molecule has 4 heteroatoms. The Hall–Kier alpha value is -0.770. The summed E-state index contributed by atoms with van der Waals surface area (Å²) in [6.07, 6.45) is 0.0739.